The van der Waals surface area contributed by atoms with Gasteiger partial charge in [-0.05, 0) is 43.3 Å². The number of fused-ring (bicyclic) bond motifs is 1. The van der Waals surface area contributed by atoms with E-state index < -0.39 is 21.9 Å². The molecule has 1 aliphatic heterocycles. The molecule has 0 fully saturated rings. The van der Waals surface area contributed by atoms with Gasteiger partial charge < -0.3 is 19.5 Å². The Morgan fingerprint density at radius 3 is 2.75 bits per heavy atom. The molecule has 1 aliphatic rings. The topological polar surface area (TPSA) is 129 Å². The zero-order valence-corrected chi connectivity index (χ0v) is 21.0. The van der Waals surface area contributed by atoms with Gasteiger partial charge in [0.2, 0.25) is 0 Å². The number of hydrogen-bond donors (Lipinski definition) is 1. The van der Waals surface area contributed by atoms with Gasteiger partial charge in [0, 0.05) is 22.8 Å². The number of benzene rings is 2. The summed E-state index contributed by atoms with van der Waals surface area (Å²) in [6.07, 6.45) is 1.53. The second-order valence-electron chi connectivity index (χ2n) is 7.56. The molecule has 3 aromatic rings. The van der Waals surface area contributed by atoms with Crippen molar-refractivity contribution in [2.24, 2.45) is 0 Å². The van der Waals surface area contributed by atoms with Gasteiger partial charge in [-0.15, -0.1) is 0 Å². The molecular formula is C23H23ClN4O7S. The van der Waals surface area contributed by atoms with Crippen LogP contribution in [-0.4, -0.2) is 56.9 Å². The Kier molecular flexibility index (Phi) is 7.36. The van der Waals surface area contributed by atoms with E-state index in [4.69, 9.17) is 25.8 Å². The molecule has 0 aliphatic carbocycles. The number of hydrogen-bond acceptors (Lipinski definition) is 8. The first-order valence-electron chi connectivity index (χ1n) is 10.9. The molecule has 0 radical (unpaired) electrons. The maximum Gasteiger partial charge on any atom is 0.327 e. The number of amides is 1. The molecular weight excluding hydrogens is 512 g/mol. The highest BCUT2D eigenvalue weighted by molar-refractivity contribution is 7.93. The average Bonchev–Trinajstić information content (AvgIpc) is 3.29. The van der Waals surface area contributed by atoms with Gasteiger partial charge in [0.05, 0.1) is 25.9 Å². The summed E-state index contributed by atoms with van der Waals surface area (Å²) in [7, 11) is -2.74. The van der Waals surface area contributed by atoms with Crippen molar-refractivity contribution in [1.29, 1.82) is 0 Å². The number of carbonyl (C=O) groups is 2. The van der Waals surface area contributed by atoms with Crippen LogP contribution in [0.1, 0.15) is 17.3 Å². The number of halogens is 1. The summed E-state index contributed by atoms with van der Waals surface area (Å²) in [5, 5.41) is 7.00. The maximum atomic E-state index is 13.6. The molecule has 13 heteroatoms. The number of ether oxygens (including phenoxy) is 3. The van der Waals surface area contributed by atoms with E-state index in [1.54, 1.807) is 6.92 Å². The van der Waals surface area contributed by atoms with Gasteiger partial charge in [0.25, 0.3) is 15.9 Å². The Morgan fingerprint density at radius 2 is 2.00 bits per heavy atom. The summed E-state index contributed by atoms with van der Waals surface area (Å²) in [5.74, 6) is -0.319. The molecule has 0 saturated heterocycles. The molecule has 2 aromatic carbocycles. The quantitative estimate of drug-likeness (QED) is 0.437. The summed E-state index contributed by atoms with van der Waals surface area (Å²) in [5.41, 5.74) is 0.376. The van der Waals surface area contributed by atoms with E-state index >= 15 is 0 Å². The van der Waals surface area contributed by atoms with Gasteiger partial charge in [-0.2, -0.15) is 5.10 Å². The van der Waals surface area contributed by atoms with Crippen molar-refractivity contribution in [2.45, 2.75) is 18.4 Å². The van der Waals surface area contributed by atoms with Crippen LogP contribution < -0.4 is 19.1 Å². The molecule has 1 aromatic heterocycles. The van der Waals surface area contributed by atoms with Crippen LogP contribution in [-0.2, 0) is 26.1 Å². The fourth-order valence-electron chi connectivity index (χ4n) is 3.60. The number of carbonyl (C=O) groups excluding carboxylic acids is 2. The molecule has 0 saturated carbocycles. The zero-order chi connectivity index (χ0) is 25.9. The predicted molar refractivity (Wildman–Crippen MR) is 131 cm³/mol. The Balaban J connectivity index is 1.60. The molecule has 4 rings (SSSR count). The van der Waals surface area contributed by atoms with Gasteiger partial charge in [-0.25, -0.2) is 8.42 Å². The van der Waals surface area contributed by atoms with Gasteiger partial charge in [-0.3, -0.25) is 18.6 Å². The van der Waals surface area contributed by atoms with Crippen LogP contribution >= 0.6 is 11.6 Å². The van der Waals surface area contributed by atoms with Crippen molar-refractivity contribution in [1.82, 2.24) is 9.78 Å². The third kappa shape index (κ3) is 5.24. The largest absolute Gasteiger partial charge is 0.495 e. The van der Waals surface area contributed by atoms with Gasteiger partial charge in [0.15, 0.2) is 5.82 Å². The molecule has 0 atom stereocenters. The van der Waals surface area contributed by atoms with Crippen molar-refractivity contribution < 1.29 is 32.2 Å². The number of aromatic nitrogens is 2. The van der Waals surface area contributed by atoms with Crippen LogP contribution in [0.25, 0.3) is 0 Å². The molecule has 2 heterocycles. The highest BCUT2D eigenvalue weighted by atomic mass is 35.5. The lowest BCUT2D eigenvalue weighted by molar-refractivity contribution is -0.144. The molecule has 1 amide bonds. The molecule has 0 spiro atoms. The lowest BCUT2D eigenvalue weighted by atomic mass is 10.1. The van der Waals surface area contributed by atoms with E-state index in [1.165, 1.54) is 60.5 Å². The van der Waals surface area contributed by atoms with E-state index in [-0.39, 0.29) is 59.0 Å². The predicted octanol–water partition coefficient (Wildman–Crippen LogP) is 2.95. The summed E-state index contributed by atoms with van der Waals surface area (Å²) in [6, 6.07) is 10.3. The Bertz CT molecular complexity index is 1410. The minimum Gasteiger partial charge on any atom is -0.495 e. The number of rotatable bonds is 8. The molecule has 190 valence electrons. The number of methoxy groups -OCH3 is 1. The first-order chi connectivity index (χ1) is 17.2. The monoisotopic (exact) mass is 534 g/mol. The van der Waals surface area contributed by atoms with Crippen LogP contribution in [0.4, 0.5) is 11.5 Å². The second kappa shape index (κ2) is 10.5. The highest BCUT2D eigenvalue weighted by Gasteiger charge is 2.33. The van der Waals surface area contributed by atoms with Crippen LogP contribution in [0, 0.1) is 0 Å². The second-order valence-corrected chi connectivity index (χ2v) is 9.83. The van der Waals surface area contributed by atoms with Crippen molar-refractivity contribution in [3.05, 3.63) is 59.2 Å². The third-order valence-electron chi connectivity index (χ3n) is 5.21. The molecule has 0 unspecified atom stereocenters. The number of nitrogens with zero attached hydrogens (tertiary/aromatic N) is 3. The standard InChI is InChI=1S/C23H23ClN4O7S/c1-3-34-22(29)14-27-9-8-21(26-27)25-23(30)15-4-6-18-17(12-15)28(10-11-35-18)36(31,32)20-13-16(24)5-7-19(20)33-2/h4-9,12-13H,3,10-11,14H2,1-2H3,(H,25,26,30). The highest BCUT2D eigenvalue weighted by Crippen LogP contribution is 2.38. The SMILES string of the molecule is CCOC(=O)Cn1ccc(NC(=O)c2ccc3c(c2)N(S(=O)(=O)c2cc(Cl)ccc2OC)CCO3)n1. The normalized spacial score (nSPS) is 12.9. The van der Waals surface area contributed by atoms with Crippen LogP contribution in [0.15, 0.2) is 53.6 Å². The van der Waals surface area contributed by atoms with E-state index in [0.29, 0.717) is 5.75 Å². The zero-order valence-electron chi connectivity index (χ0n) is 19.4. The summed E-state index contributed by atoms with van der Waals surface area (Å²) >= 11 is 6.06. The summed E-state index contributed by atoms with van der Waals surface area (Å²) in [4.78, 5) is 24.4. The summed E-state index contributed by atoms with van der Waals surface area (Å²) < 4.78 is 45.4. The first kappa shape index (κ1) is 25.3. The molecule has 1 N–H and O–H groups in total. The Hall–Kier alpha value is -3.77. The van der Waals surface area contributed by atoms with Crippen molar-refractivity contribution in [2.75, 3.05) is 36.5 Å². The molecule has 0 bridgehead atoms. The molecule has 11 nitrogen and oxygen atoms in total. The van der Waals surface area contributed by atoms with E-state index in [9.17, 15) is 18.0 Å². The van der Waals surface area contributed by atoms with Gasteiger partial charge in [0.1, 0.15) is 29.5 Å². The van der Waals surface area contributed by atoms with Gasteiger partial charge >= 0.3 is 5.97 Å². The summed E-state index contributed by atoms with van der Waals surface area (Å²) in [6.45, 7) is 2.00. The van der Waals surface area contributed by atoms with Crippen LogP contribution in [0.5, 0.6) is 11.5 Å². The maximum absolute atomic E-state index is 13.6. The average molecular weight is 535 g/mol. The van der Waals surface area contributed by atoms with Crippen molar-refractivity contribution in [3.8, 4) is 11.5 Å². The lowest BCUT2D eigenvalue weighted by Crippen LogP contribution is -2.38. The smallest absolute Gasteiger partial charge is 0.327 e. The third-order valence-corrected chi connectivity index (χ3v) is 7.28. The van der Waals surface area contributed by atoms with Crippen molar-refractivity contribution >= 4 is 45.0 Å². The van der Waals surface area contributed by atoms with Crippen LogP contribution in [0.2, 0.25) is 5.02 Å². The number of sulfonamides is 1. The first-order valence-corrected chi connectivity index (χ1v) is 12.7. The van der Waals surface area contributed by atoms with Crippen LogP contribution in [0.3, 0.4) is 0 Å². The Morgan fingerprint density at radius 1 is 1.19 bits per heavy atom. The number of nitrogens with one attached hydrogen (secondary N) is 1. The van der Waals surface area contributed by atoms with E-state index in [2.05, 4.69) is 10.4 Å². The molecule has 36 heavy (non-hydrogen) atoms. The minimum absolute atomic E-state index is 0.0222. The minimum atomic E-state index is -4.10. The van der Waals surface area contributed by atoms with Crippen molar-refractivity contribution in [3.63, 3.8) is 0 Å². The number of anilines is 2. The number of esters is 1. The van der Waals surface area contributed by atoms with E-state index in [1.807, 2.05) is 0 Å². The van der Waals surface area contributed by atoms with E-state index in [0.717, 1.165) is 4.31 Å². The van der Waals surface area contributed by atoms with Gasteiger partial charge in [-0.1, -0.05) is 11.6 Å². The Labute approximate surface area is 212 Å². The fraction of sp³-hybridized carbons (Fsp3) is 0.261. The lowest BCUT2D eigenvalue weighted by Gasteiger charge is -2.31. The fourth-order valence-corrected chi connectivity index (χ4v) is 5.47.